The lowest BCUT2D eigenvalue weighted by molar-refractivity contribution is -0.384. The lowest BCUT2D eigenvalue weighted by Gasteiger charge is -2.12. The van der Waals surface area contributed by atoms with Crippen LogP contribution in [0.2, 0.25) is 0 Å². The minimum atomic E-state index is -5.20. The van der Waals surface area contributed by atoms with Crippen molar-refractivity contribution in [1.29, 1.82) is 0 Å². The molecule has 0 bridgehead atoms. The second kappa shape index (κ2) is 10.4. The number of azo groups is 1. The van der Waals surface area contributed by atoms with E-state index in [4.69, 9.17) is 9.79 Å². The first-order chi connectivity index (χ1) is 17.8. The highest BCUT2D eigenvalue weighted by Gasteiger charge is 2.26. The summed E-state index contributed by atoms with van der Waals surface area (Å²) in [6.45, 7) is 0.227. The Labute approximate surface area is 217 Å². The molecule has 0 fully saturated rings. The summed E-state index contributed by atoms with van der Waals surface area (Å²) in [6, 6.07) is 2.54. The number of aromatic nitrogens is 1. The largest absolute Gasteiger partial charge is 0.505 e. The second-order valence-electron chi connectivity index (χ2n) is 7.53. The lowest BCUT2D eigenvalue weighted by atomic mass is 10.1. The number of aldehydes is 1. The van der Waals surface area contributed by atoms with E-state index in [9.17, 15) is 50.5 Å². The average Bonchev–Trinajstić information content (AvgIpc) is 2.80. The third kappa shape index (κ3) is 6.64. The number of carbonyl (C=O) groups excluding carboxylic acids is 1. The predicted octanol–water partition coefficient (Wildman–Crippen LogP) is 2.49. The molecule has 3 rings (SSSR count). The number of rotatable bonds is 9. The zero-order valence-corrected chi connectivity index (χ0v) is 21.6. The smallest absolute Gasteiger partial charge is 0.469 e. The number of benzene rings is 2. The highest BCUT2D eigenvalue weighted by atomic mass is 32.2. The van der Waals surface area contributed by atoms with Crippen LogP contribution in [-0.2, 0) is 35.9 Å². The number of hydrogen-bond donors (Lipinski definition) is 5. The van der Waals surface area contributed by atoms with E-state index in [2.05, 4.69) is 19.7 Å². The molecule has 0 aliphatic rings. The molecule has 1 aromatic heterocycles. The maximum Gasteiger partial charge on any atom is 0.469 e. The summed E-state index contributed by atoms with van der Waals surface area (Å²) in [4.78, 5) is 41.3. The number of aryl methyl sites for hydroxylation is 1. The van der Waals surface area contributed by atoms with Crippen LogP contribution in [0, 0.1) is 17.0 Å². The fraction of sp³-hybridized carbons (Fsp3) is 0.111. The van der Waals surface area contributed by atoms with Crippen molar-refractivity contribution >= 4 is 62.3 Å². The summed E-state index contributed by atoms with van der Waals surface area (Å²) < 4.78 is 82.7. The highest BCUT2D eigenvalue weighted by molar-refractivity contribution is 7.86. The predicted molar refractivity (Wildman–Crippen MR) is 127 cm³/mol. The van der Waals surface area contributed by atoms with Gasteiger partial charge in [0.1, 0.15) is 15.5 Å². The Morgan fingerprint density at radius 2 is 1.62 bits per heavy atom. The molecular formula is C18H15N4O14PS2. The molecule has 5 N–H and O–H groups in total. The van der Waals surface area contributed by atoms with Gasteiger partial charge in [0.2, 0.25) is 0 Å². The van der Waals surface area contributed by atoms with Crippen molar-refractivity contribution in [3.63, 3.8) is 0 Å². The number of phosphoric ester groups is 1. The van der Waals surface area contributed by atoms with E-state index in [0.29, 0.717) is 18.2 Å². The van der Waals surface area contributed by atoms with Gasteiger partial charge in [0.05, 0.1) is 28.5 Å². The number of hydrogen-bond acceptors (Lipinski definition) is 13. The number of non-ortho nitro benzene ring substituents is 1. The Morgan fingerprint density at radius 3 is 2.13 bits per heavy atom. The maximum atomic E-state index is 12.0. The number of fused-ring (bicyclic) bond motifs is 1. The van der Waals surface area contributed by atoms with E-state index >= 15 is 0 Å². The van der Waals surface area contributed by atoms with E-state index in [1.165, 1.54) is 6.92 Å². The molecule has 3 aromatic rings. The van der Waals surface area contributed by atoms with Crippen molar-refractivity contribution < 1.29 is 59.6 Å². The Morgan fingerprint density at radius 1 is 1.05 bits per heavy atom. The Balaban J connectivity index is 2.34. The van der Waals surface area contributed by atoms with Gasteiger partial charge in [0.25, 0.3) is 25.9 Å². The Hall–Kier alpha value is -3.75. The van der Waals surface area contributed by atoms with E-state index in [1.807, 2.05) is 0 Å². The van der Waals surface area contributed by atoms with E-state index in [1.54, 1.807) is 0 Å². The van der Waals surface area contributed by atoms with Gasteiger partial charge in [-0.15, -0.1) is 10.2 Å². The molecule has 39 heavy (non-hydrogen) atoms. The summed E-state index contributed by atoms with van der Waals surface area (Å²) in [5, 5.41) is 27.4. The first-order valence-corrected chi connectivity index (χ1v) is 14.2. The topological polar surface area (TPSA) is 294 Å². The second-order valence-corrected chi connectivity index (χ2v) is 11.6. The van der Waals surface area contributed by atoms with E-state index in [0.717, 1.165) is 6.07 Å². The number of phosphoric acid groups is 1. The summed E-state index contributed by atoms with van der Waals surface area (Å²) >= 11 is 0. The monoisotopic (exact) mass is 606 g/mol. The number of nitro benzene ring substituents is 1. The van der Waals surface area contributed by atoms with Crippen molar-refractivity contribution in [2.24, 2.45) is 10.2 Å². The molecule has 1 heterocycles. The maximum absolute atomic E-state index is 12.0. The third-order valence-electron chi connectivity index (χ3n) is 4.95. The summed E-state index contributed by atoms with van der Waals surface area (Å²) in [5.74, 6) is -1.22. The van der Waals surface area contributed by atoms with Gasteiger partial charge in [-0.05, 0) is 19.1 Å². The molecule has 0 spiro atoms. The van der Waals surface area contributed by atoms with Crippen molar-refractivity contribution in [3.8, 4) is 5.75 Å². The Kier molecular flexibility index (Phi) is 7.97. The molecule has 0 saturated heterocycles. The van der Waals surface area contributed by atoms with Crippen LogP contribution in [0.4, 0.5) is 17.2 Å². The number of pyridine rings is 1. The van der Waals surface area contributed by atoms with Gasteiger partial charge in [-0.1, -0.05) is 0 Å². The summed E-state index contributed by atoms with van der Waals surface area (Å²) in [5.41, 5.74) is -2.64. The molecule has 0 aliphatic heterocycles. The van der Waals surface area contributed by atoms with E-state index in [-0.39, 0.29) is 12.0 Å². The van der Waals surface area contributed by atoms with Crippen LogP contribution in [0.3, 0.4) is 0 Å². The molecule has 0 atom stereocenters. The zero-order valence-electron chi connectivity index (χ0n) is 19.1. The van der Waals surface area contributed by atoms with Crippen LogP contribution in [0.1, 0.15) is 21.6 Å². The van der Waals surface area contributed by atoms with Crippen LogP contribution in [-0.4, -0.2) is 57.0 Å². The minimum Gasteiger partial charge on any atom is -0.505 e. The minimum absolute atomic E-state index is 0.110. The molecule has 18 nitrogen and oxygen atoms in total. The number of nitro groups is 1. The molecule has 0 amide bonds. The van der Waals surface area contributed by atoms with Gasteiger partial charge in [-0.25, -0.2) is 9.55 Å². The van der Waals surface area contributed by atoms with E-state index < -0.39 is 94.2 Å². The molecule has 208 valence electrons. The number of aromatic hydroxyl groups is 1. The average molecular weight is 606 g/mol. The van der Waals surface area contributed by atoms with Crippen LogP contribution < -0.4 is 0 Å². The standard InChI is InChI=1S/C18H15N4O14PS2/c1-8-17(24)13(6-23)14(7-36-37(27,28)29)18(19-8)21-20-9-2-11-12(15(3-9)38(30,31)32)4-10(22(25)26)5-16(11)39(33,34)35/h2-6,24H,7H2,1H3,(H2,27,28,29)(H,30,31,32)(H,33,34,35). The van der Waals surface area contributed by atoms with Crippen LogP contribution in [0.25, 0.3) is 10.8 Å². The van der Waals surface area contributed by atoms with Gasteiger partial charge in [-0.3, -0.25) is 28.5 Å². The fourth-order valence-corrected chi connectivity index (χ4v) is 5.03. The lowest BCUT2D eigenvalue weighted by Crippen LogP contribution is -2.04. The van der Waals surface area contributed by atoms with Crippen molar-refractivity contribution in [2.75, 3.05) is 0 Å². The van der Waals surface area contributed by atoms with Gasteiger partial charge >= 0.3 is 7.82 Å². The number of nitrogens with zero attached hydrogens (tertiary/aromatic N) is 4. The Bertz CT molecular complexity index is 1830. The van der Waals surface area contributed by atoms with Crippen LogP contribution >= 0.6 is 7.82 Å². The van der Waals surface area contributed by atoms with Crippen molar-refractivity contribution in [1.82, 2.24) is 4.98 Å². The number of carbonyl (C=O) groups is 1. The van der Waals surface area contributed by atoms with Gasteiger partial charge < -0.3 is 14.9 Å². The molecule has 0 unspecified atom stereocenters. The fourth-order valence-electron chi connectivity index (χ4n) is 3.30. The molecule has 21 heteroatoms. The van der Waals surface area contributed by atoms with Gasteiger partial charge in [0, 0.05) is 28.5 Å². The molecule has 0 saturated carbocycles. The summed E-state index contributed by atoms with van der Waals surface area (Å²) in [7, 11) is -15.5. The van der Waals surface area contributed by atoms with Crippen LogP contribution in [0.15, 0.2) is 44.3 Å². The normalized spacial score (nSPS) is 12.7. The molecule has 0 radical (unpaired) electrons. The van der Waals surface area contributed by atoms with Crippen molar-refractivity contribution in [3.05, 3.63) is 51.2 Å². The quantitative estimate of drug-likeness (QED) is 0.0583. The van der Waals surface area contributed by atoms with Gasteiger partial charge in [0.15, 0.2) is 12.1 Å². The SMILES string of the molecule is Cc1nc(N=Nc2cc(S(=O)(=O)O)c3cc([N+](=O)[O-])cc(S(=O)(=O)O)c3c2)c(COP(=O)(O)O)c(C=O)c1O. The summed E-state index contributed by atoms with van der Waals surface area (Å²) in [6.07, 6.45) is 0.110. The molecule has 2 aromatic carbocycles. The zero-order chi connectivity index (χ0) is 29.5. The first kappa shape index (κ1) is 29.8. The first-order valence-electron chi connectivity index (χ1n) is 9.84. The highest BCUT2D eigenvalue weighted by Crippen LogP contribution is 2.41. The van der Waals surface area contributed by atoms with Crippen molar-refractivity contribution in [2.45, 2.75) is 23.3 Å². The third-order valence-corrected chi connectivity index (χ3v) is 7.20. The molecule has 0 aliphatic carbocycles. The van der Waals surface area contributed by atoms with Gasteiger partial charge in [-0.2, -0.15) is 16.8 Å². The van der Waals surface area contributed by atoms with Crippen LogP contribution in [0.5, 0.6) is 5.75 Å². The molecular weight excluding hydrogens is 591 g/mol.